The molecule has 0 radical (unpaired) electrons. The van der Waals surface area contributed by atoms with Crippen molar-refractivity contribution in [3.63, 3.8) is 0 Å². The highest BCUT2D eigenvalue weighted by Crippen LogP contribution is 2.10. The van der Waals surface area contributed by atoms with E-state index in [2.05, 4.69) is 17.6 Å². The van der Waals surface area contributed by atoms with Crippen molar-refractivity contribution in [1.82, 2.24) is 5.32 Å². The first-order chi connectivity index (χ1) is 9.77. The molecule has 0 saturated carbocycles. The van der Waals surface area contributed by atoms with Crippen molar-refractivity contribution in [2.24, 2.45) is 0 Å². The Labute approximate surface area is 126 Å². The van der Waals surface area contributed by atoms with Crippen molar-refractivity contribution < 1.29 is 9.53 Å². The van der Waals surface area contributed by atoms with E-state index < -0.39 is 0 Å². The molecular weight excluding hydrogens is 270 g/mol. The Morgan fingerprint density at radius 1 is 1.20 bits per heavy atom. The van der Waals surface area contributed by atoms with Crippen LogP contribution in [-0.2, 0) is 22.5 Å². The third-order valence-corrected chi connectivity index (χ3v) is 3.90. The van der Waals surface area contributed by atoms with Crippen LogP contribution < -0.4 is 5.32 Å². The van der Waals surface area contributed by atoms with Gasteiger partial charge in [-0.15, -0.1) is 0 Å². The first-order valence-electron chi connectivity index (χ1n) is 7.11. The highest BCUT2D eigenvalue weighted by molar-refractivity contribution is 7.98. The second kappa shape index (κ2) is 10.7. The monoisotopic (exact) mass is 295 g/mol. The van der Waals surface area contributed by atoms with E-state index in [4.69, 9.17) is 4.74 Å². The number of unbranched alkanes of at least 4 members (excludes halogenated alkanes) is 2. The number of hydrogen-bond donors (Lipinski definition) is 1. The molecule has 0 saturated heterocycles. The highest BCUT2D eigenvalue weighted by atomic mass is 32.2. The minimum atomic E-state index is -0.186. The van der Waals surface area contributed by atoms with Crippen molar-refractivity contribution in [3.05, 3.63) is 35.4 Å². The van der Waals surface area contributed by atoms with Crippen LogP contribution in [0.1, 0.15) is 30.4 Å². The molecule has 0 spiro atoms. The zero-order valence-electron chi connectivity index (χ0n) is 12.5. The fraction of sp³-hybridized carbons (Fsp3) is 0.562. The maximum absolute atomic E-state index is 11.4. The molecule has 0 aliphatic heterocycles. The standard InChI is InChI=1S/C16H25NO2S/c1-19-16(18)12-14-8-4-5-9-15(14)13-17-10-6-3-7-11-20-2/h4-5,8-9,17H,3,6-7,10-13H2,1-2H3. The van der Waals surface area contributed by atoms with Crippen LogP contribution in [0.5, 0.6) is 0 Å². The van der Waals surface area contributed by atoms with Gasteiger partial charge in [-0.1, -0.05) is 30.7 Å². The Balaban J connectivity index is 2.30. The molecule has 0 heterocycles. The maximum atomic E-state index is 11.4. The van der Waals surface area contributed by atoms with Gasteiger partial charge in [-0.25, -0.2) is 0 Å². The Hall–Kier alpha value is -1.00. The fourth-order valence-corrected chi connectivity index (χ4v) is 2.52. The number of hydrogen-bond acceptors (Lipinski definition) is 4. The van der Waals surface area contributed by atoms with Crippen LogP contribution in [-0.4, -0.2) is 31.6 Å². The number of carbonyl (C=O) groups excluding carboxylic acids is 1. The van der Waals surface area contributed by atoms with Gasteiger partial charge in [0.2, 0.25) is 0 Å². The van der Waals surface area contributed by atoms with E-state index in [9.17, 15) is 4.79 Å². The molecule has 20 heavy (non-hydrogen) atoms. The van der Waals surface area contributed by atoms with Gasteiger partial charge >= 0.3 is 5.97 Å². The number of carbonyl (C=O) groups is 1. The predicted octanol–water partition coefficient (Wildman–Crippen LogP) is 3.03. The van der Waals surface area contributed by atoms with E-state index in [0.717, 1.165) is 18.7 Å². The summed E-state index contributed by atoms with van der Waals surface area (Å²) in [5, 5.41) is 3.45. The van der Waals surface area contributed by atoms with E-state index in [0.29, 0.717) is 6.42 Å². The summed E-state index contributed by atoms with van der Waals surface area (Å²) in [6.07, 6.45) is 6.28. The average Bonchev–Trinajstić information content (AvgIpc) is 2.47. The second-order valence-corrected chi connectivity index (χ2v) is 5.74. The quantitative estimate of drug-likeness (QED) is 0.532. The van der Waals surface area contributed by atoms with Crippen molar-refractivity contribution in [1.29, 1.82) is 0 Å². The maximum Gasteiger partial charge on any atom is 0.309 e. The van der Waals surface area contributed by atoms with E-state index in [-0.39, 0.29) is 5.97 Å². The lowest BCUT2D eigenvalue weighted by Gasteiger charge is -2.10. The molecule has 0 amide bonds. The lowest BCUT2D eigenvalue weighted by molar-refractivity contribution is -0.139. The Morgan fingerprint density at radius 3 is 2.65 bits per heavy atom. The summed E-state index contributed by atoms with van der Waals surface area (Å²) in [5.41, 5.74) is 2.23. The largest absolute Gasteiger partial charge is 0.469 e. The predicted molar refractivity (Wildman–Crippen MR) is 86.1 cm³/mol. The highest BCUT2D eigenvalue weighted by Gasteiger charge is 2.07. The molecule has 112 valence electrons. The number of thioether (sulfide) groups is 1. The Bertz CT molecular complexity index is 396. The lowest BCUT2D eigenvalue weighted by Crippen LogP contribution is -2.17. The van der Waals surface area contributed by atoms with E-state index in [1.165, 1.54) is 37.7 Å². The Morgan fingerprint density at radius 2 is 1.95 bits per heavy atom. The first kappa shape index (κ1) is 17.1. The number of esters is 1. The molecule has 1 N–H and O–H groups in total. The molecular formula is C16H25NO2S. The number of ether oxygens (including phenoxy) is 1. The van der Waals surface area contributed by atoms with Crippen molar-refractivity contribution >= 4 is 17.7 Å². The molecule has 0 aliphatic rings. The van der Waals surface area contributed by atoms with Crippen molar-refractivity contribution in [2.45, 2.75) is 32.2 Å². The summed E-state index contributed by atoms with van der Waals surface area (Å²) >= 11 is 1.91. The van der Waals surface area contributed by atoms with Crippen LogP contribution in [0.2, 0.25) is 0 Å². The minimum Gasteiger partial charge on any atom is -0.469 e. The number of methoxy groups -OCH3 is 1. The molecule has 0 bridgehead atoms. The topological polar surface area (TPSA) is 38.3 Å². The van der Waals surface area contributed by atoms with Crippen LogP contribution in [0.4, 0.5) is 0 Å². The molecule has 0 unspecified atom stereocenters. The fourth-order valence-electron chi connectivity index (χ4n) is 2.03. The van der Waals surface area contributed by atoms with E-state index in [1.807, 2.05) is 30.0 Å². The normalized spacial score (nSPS) is 10.5. The molecule has 3 nitrogen and oxygen atoms in total. The molecule has 0 aliphatic carbocycles. The lowest BCUT2D eigenvalue weighted by atomic mass is 10.0. The summed E-state index contributed by atoms with van der Waals surface area (Å²) in [6, 6.07) is 8.03. The number of nitrogens with one attached hydrogen (secondary N) is 1. The van der Waals surface area contributed by atoms with Gasteiger partial charge in [0.15, 0.2) is 0 Å². The van der Waals surface area contributed by atoms with Crippen LogP contribution in [0.25, 0.3) is 0 Å². The van der Waals surface area contributed by atoms with Crippen LogP contribution in [0, 0.1) is 0 Å². The summed E-state index contributed by atoms with van der Waals surface area (Å²) in [4.78, 5) is 11.4. The third kappa shape index (κ3) is 6.96. The molecule has 0 fully saturated rings. The van der Waals surface area contributed by atoms with Crippen LogP contribution in [0.3, 0.4) is 0 Å². The molecule has 4 heteroatoms. The minimum absolute atomic E-state index is 0.186. The first-order valence-corrected chi connectivity index (χ1v) is 8.50. The number of benzene rings is 1. The molecule has 1 aromatic rings. The number of rotatable bonds is 10. The zero-order chi connectivity index (χ0) is 14.6. The zero-order valence-corrected chi connectivity index (χ0v) is 13.3. The van der Waals surface area contributed by atoms with Crippen molar-refractivity contribution in [2.75, 3.05) is 25.7 Å². The van der Waals surface area contributed by atoms with Gasteiger partial charge in [-0.3, -0.25) is 4.79 Å². The van der Waals surface area contributed by atoms with E-state index in [1.54, 1.807) is 0 Å². The van der Waals surface area contributed by atoms with Gasteiger partial charge in [0, 0.05) is 6.54 Å². The molecule has 1 rings (SSSR count). The summed E-state index contributed by atoms with van der Waals surface area (Å²) < 4.78 is 4.73. The molecule has 0 aromatic heterocycles. The smallest absolute Gasteiger partial charge is 0.309 e. The summed E-state index contributed by atoms with van der Waals surface area (Å²) in [6.45, 7) is 1.84. The van der Waals surface area contributed by atoms with Gasteiger partial charge in [-0.2, -0.15) is 11.8 Å². The van der Waals surface area contributed by atoms with Crippen molar-refractivity contribution in [3.8, 4) is 0 Å². The van der Waals surface area contributed by atoms with Gasteiger partial charge in [0.1, 0.15) is 0 Å². The van der Waals surface area contributed by atoms with Gasteiger partial charge in [-0.05, 0) is 42.5 Å². The summed E-state index contributed by atoms with van der Waals surface area (Å²) in [7, 11) is 1.43. The molecule has 1 aromatic carbocycles. The average molecular weight is 295 g/mol. The SMILES string of the molecule is COC(=O)Cc1ccccc1CNCCCCCSC. The Kier molecular flexibility index (Phi) is 9.16. The van der Waals surface area contributed by atoms with Crippen LogP contribution in [0.15, 0.2) is 24.3 Å². The van der Waals surface area contributed by atoms with Gasteiger partial charge in [0.25, 0.3) is 0 Å². The van der Waals surface area contributed by atoms with Gasteiger partial charge < -0.3 is 10.1 Å². The van der Waals surface area contributed by atoms with Crippen LogP contribution >= 0.6 is 11.8 Å². The molecule has 0 atom stereocenters. The van der Waals surface area contributed by atoms with E-state index >= 15 is 0 Å². The van der Waals surface area contributed by atoms with Gasteiger partial charge in [0.05, 0.1) is 13.5 Å². The summed E-state index contributed by atoms with van der Waals surface area (Å²) in [5.74, 6) is 1.07. The second-order valence-electron chi connectivity index (χ2n) is 4.75. The third-order valence-electron chi connectivity index (χ3n) is 3.20.